The molecule has 2 aromatic heterocycles. The Labute approximate surface area is 174 Å². The molecule has 30 heavy (non-hydrogen) atoms. The molecular weight excluding hydrogens is 387 g/mol. The van der Waals surface area contributed by atoms with Gasteiger partial charge < -0.3 is 19.9 Å². The van der Waals surface area contributed by atoms with E-state index in [-0.39, 0.29) is 17.9 Å². The van der Waals surface area contributed by atoms with Gasteiger partial charge in [0.15, 0.2) is 0 Å². The van der Waals surface area contributed by atoms with Crippen molar-refractivity contribution in [3.63, 3.8) is 0 Å². The maximum absolute atomic E-state index is 14.0. The molecule has 1 saturated heterocycles. The highest BCUT2D eigenvalue weighted by atomic mass is 19.1. The normalized spacial score (nSPS) is 28.4. The van der Waals surface area contributed by atoms with Crippen LogP contribution in [0.25, 0.3) is 11.0 Å². The van der Waals surface area contributed by atoms with E-state index in [1.54, 1.807) is 17.3 Å². The molecule has 3 atom stereocenters. The minimum Gasteiger partial charge on any atom is -0.462 e. The molecule has 2 saturated carbocycles. The van der Waals surface area contributed by atoms with E-state index in [0.29, 0.717) is 48.9 Å². The number of rotatable bonds is 6. The summed E-state index contributed by atoms with van der Waals surface area (Å²) in [5, 5.41) is 4.30. The Kier molecular flexibility index (Phi) is 4.67. The van der Waals surface area contributed by atoms with Crippen molar-refractivity contribution in [2.75, 3.05) is 25.0 Å². The summed E-state index contributed by atoms with van der Waals surface area (Å²) in [5.41, 5.74) is 0.414. The van der Waals surface area contributed by atoms with Gasteiger partial charge in [-0.2, -0.15) is 0 Å². The van der Waals surface area contributed by atoms with Crippen LogP contribution in [-0.2, 0) is 9.53 Å². The van der Waals surface area contributed by atoms with E-state index >= 15 is 0 Å². The van der Waals surface area contributed by atoms with Crippen LogP contribution in [0.3, 0.4) is 0 Å². The monoisotopic (exact) mass is 414 g/mol. The van der Waals surface area contributed by atoms with Crippen molar-refractivity contribution in [2.24, 2.45) is 11.8 Å². The first-order chi connectivity index (χ1) is 14.4. The minimum atomic E-state index is -1.36. The number of alkyl halides is 1. The lowest BCUT2D eigenvalue weighted by molar-refractivity contribution is -0.134. The number of likely N-dealkylation sites (tertiary alicyclic amines) is 1. The first-order valence-electron chi connectivity index (χ1n) is 10.8. The lowest BCUT2D eigenvalue weighted by Gasteiger charge is -2.34. The summed E-state index contributed by atoms with van der Waals surface area (Å²) in [4.78, 5) is 34.6. The fourth-order valence-electron chi connectivity index (χ4n) is 4.28. The maximum Gasteiger partial charge on any atom is 0.341 e. The van der Waals surface area contributed by atoms with Crippen LogP contribution >= 0.6 is 0 Å². The predicted molar refractivity (Wildman–Crippen MR) is 110 cm³/mol. The number of aromatic nitrogens is 2. The summed E-state index contributed by atoms with van der Waals surface area (Å²) in [6, 6.07) is 1.86. The van der Waals surface area contributed by atoms with Crippen molar-refractivity contribution in [3.05, 3.63) is 24.0 Å². The number of piperidine rings is 1. The summed E-state index contributed by atoms with van der Waals surface area (Å²) in [5.74, 6) is -0.510. The number of aromatic amines is 1. The van der Waals surface area contributed by atoms with Gasteiger partial charge in [0, 0.05) is 36.9 Å². The second kappa shape index (κ2) is 7.25. The smallest absolute Gasteiger partial charge is 0.341 e. The van der Waals surface area contributed by atoms with Crippen LogP contribution in [0.5, 0.6) is 0 Å². The topological polar surface area (TPSA) is 87.3 Å². The standard InChI is InChI=1S/C22H27FN4O3/c1-22(23)9-17(22)20(28)27-8-2-3-14(11-27)26-18-15-6-7-24-19(15)25-10-16(18)21(29)30-12-13-4-5-13/h6-7,10,13-14,17H,2-5,8-9,11-12H2,1H3,(H2,24,25,26). The SMILES string of the molecule is CC1(F)CC1C(=O)N1CCCC(Nc2c(C(=O)OCC3CC3)cnc3[nH]ccc23)C1. The number of hydrogen-bond donors (Lipinski definition) is 2. The van der Waals surface area contributed by atoms with E-state index in [2.05, 4.69) is 15.3 Å². The summed E-state index contributed by atoms with van der Waals surface area (Å²) in [7, 11) is 0. The zero-order valence-electron chi connectivity index (χ0n) is 17.1. The Morgan fingerprint density at radius 3 is 2.93 bits per heavy atom. The van der Waals surface area contributed by atoms with E-state index in [9.17, 15) is 14.0 Å². The maximum atomic E-state index is 14.0. The molecule has 2 N–H and O–H groups in total. The quantitative estimate of drug-likeness (QED) is 0.709. The first-order valence-corrected chi connectivity index (χ1v) is 10.8. The molecule has 0 aromatic carbocycles. The number of nitrogens with zero attached hydrogens (tertiary/aromatic N) is 2. The molecule has 0 spiro atoms. The van der Waals surface area contributed by atoms with E-state index in [0.717, 1.165) is 31.1 Å². The number of nitrogens with one attached hydrogen (secondary N) is 2. The van der Waals surface area contributed by atoms with Crippen LogP contribution < -0.4 is 5.32 Å². The lowest BCUT2D eigenvalue weighted by atomic mass is 10.0. The highest BCUT2D eigenvalue weighted by Crippen LogP contribution is 2.48. The van der Waals surface area contributed by atoms with Gasteiger partial charge in [0.1, 0.15) is 16.9 Å². The molecule has 0 radical (unpaired) electrons. The minimum absolute atomic E-state index is 0.0252. The zero-order chi connectivity index (χ0) is 20.9. The van der Waals surface area contributed by atoms with Crippen LogP contribution in [0.4, 0.5) is 10.1 Å². The molecule has 3 unspecified atom stereocenters. The summed E-state index contributed by atoms with van der Waals surface area (Å²) >= 11 is 0. The van der Waals surface area contributed by atoms with Crippen molar-refractivity contribution in [2.45, 2.75) is 50.7 Å². The second-order valence-corrected chi connectivity index (χ2v) is 9.13. The number of amides is 1. The molecular formula is C22H27FN4O3. The molecule has 2 aromatic rings. The summed E-state index contributed by atoms with van der Waals surface area (Å²) < 4.78 is 19.5. The van der Waals surface area contributed by atoms with Gasteiger partial charge in [-0.1, -0.05) is 0 Å². The number of H-pyrrole nitrogens is 1. The Balaban J connectivity index is 1.34. The largest absolute Gasteiger partial charge is 0.462 e. The van der Waals surface area contributed by atoms with Gasteiger partial charge in [-0.05, 0) is 51.0 Å². The molecule has 2 aliphatic carbocycles. The number of halogens is 1. The number of ether oxygens (including phenoxy) is 1. The molecule has 7 nitrogen and oxygen atoms in total. The fourth-order valence-corrected chi connectivity index (χ4v) is 4.28. The fraction of sp³-hybridized carbons (Fsp3) is 0.591. The third kappa shape index (κ3) is 3.75. The number of esters is 1. The van der Waals surface area contributed by atoms with E-state index < -0.39 is 11.6 Å². The molecule has 3 heterocycles. The Bertz CT molecular complexity index is 984. The molecule has 160 valence electrons. The van der Waals surface area contributed by atoms with Gasteiger partial charge in [0.2, 0.25) is 5.91 Å². The van der Waals surface area contributed by atoms with Crippen LogP contribution in [0.2, 0.25) is 0 Å². The van der Waals surface area contributed by atoms with Crippen molar-refractivity contribution < 1.29 is 18.7 Å². The van der Waals surface area contributed by atoms with Crippen molar-refractivity contribution in [1.82, 2.24) is 14.9 Å². The molecule has 1 aliphatic heterocycles. The van der Waals surface area contributed by atoms with E-state index in [1.165, 1.54) is 6.92 Å². The van der Waals surface area contributed by atoms with Gasteiger partial charge in [-0.15, -0.1) is 0 Å². The van der Waals surface area contributed by atoms with Crippen molar-refractivity contribution in [3.8, 4) is 0 Å². The van der Waals surface area contributed by atoms with Crippen LogP contribution in [0.1, 0.15) is 49.4 Å². The Morgan fingerprint density at radius 2 is 2.20 bits per heavy atom. The number of pyridine rings is 1. The lowest BCUT2D eigenvalue weighted by Crippen LogP contribution is -2.46. The highest BCUT2D eigenvalue weighted by molar-refractivity contribution is 6.04. The van der Waals surface area contributed by atoms with Gasteiger partial charge in [-0.25, -0.2) is 14.2 Å². The van der Waals surface area contributed by atoms with E-state index in [4.69, 9.17) is 4.74 Å². The third-order valence-electron chi connectivity index (χ3n) is 6.50. The van der Waals surface area contributed by atoms with Crippen LogP contribution in [0.15, 0.2) is 18.5 Å². The van der Waals surface area contributed by atoms with Gasteiger partial charge in [-0.3, -0.25) is 4.79 Å². The van der Waals surface area contributed by atoms with Crippen LogP contribution in [0, 0.1) is 11.8 Å². The third-order valence-corrected chi connectivity index (χ3v) is 6.50. The summed E-state index contributed by atoms with van der Waals surface area (Å²) in [6.45, 7) is 3.08. The van der Waals surface area contributed by atoms with E-state index in [1.807, 2.05) is 6.07 Å². The molecule has 5 rings (SSSR count). The average Bonchev–Trinajstić information content (AvgIpc) is 3.62. The van der Waals surface area contributed by atoms with Gasteiger partial charge in [0.25, 0.3) is 0 Å². The molecule has 1 amide bonds. The molecule has 3 fully saturated rings. The molecule has 8 heteroatoms. The number of carbonyl (C=O) groups is 2. The molecule has 3 aliphatic rings. The average molecular weight is 414 g/mol. The van der Waals surface area contributed by atoms with Crippen molar-refractivity contribution >= 4 is 28.6 Å². The number of carbonyl (C=O) groups excluding carboxylic acids is 2. The van der Waals surface area contributed by atoms with Gasteiger partial charge in [0.05, 0.1) is 18.2 Å². The number of fused-ring (bicyclic) bond motifs is 1. The molecule has 0 bridgehead atoms. The van der Waals surface area contributed by atoms with Crippen LogP contribution in [-0.4, -0.2) is 58.2 Å². The number of anilines is 1. The second-order valence-electron chi connectivity index (χ2n) is 9.13. The zero-order valence-corrected chi connectivity index (χ0v) is 17.1. The Hall–Kier alpha value is -2.64. The highest BCUT2D eigenvalue weighted by Gasteiger charge is 2.57. The predicted octanol–water partition coefficient (Wildman–Crippen LogP) is 3.28. The first kappa shape index (κ1) is 19.3. The number of hydrogen-bond acceptors (Lipinski definition) is 5. The summed E-state index contributed by atoms with van der Waals surface area (Å²) in [6.07, 6.45) is 7.56. The van der Waals surface area contributed by atoms with Crippen molar-refractivity contribution in [1.29, 1.82) is 0 Å². The Morgan fingerprint density at radius 1 is 1.40 bits per heavy atom. The van der Waals surface area contributed by atoms with Gasteiger partial charge >= 0.3 is 5.97 Å².